The Kier molecular flexibility index (Phi) is 5.03. The number of carbonyl (C=O) groups excluding carboxylic acids is 1. The van der Waals surface area contributed by atoms with E-state index in [1.54, 1.807) is 13.2 Å². The molecule has 116 valence electrons. The Morgan fingerprint density at radius 1 is 1.48 bits per heavy atom. The van der Waals surface area contributed by atoms with Crippen molar-refractivity contribution in [2.75, 3.05) is 33.3 Å². The predicted octanol–water partition coefficient (Wildman–Crippen LogP) is 0.649. The van der Waals surface area contributed by atoms with E-state index in [0.29, 0.717) is 36.8 Å². The summed E-state index contributed by atoms with van der Waals surface area (Å²) in [5.41, 5.74) is 5.62. The molecule has 0 spiro atoms. The van der Waals surface area contributed by atoms with Gasteiger partial charge in [0.05, 0.1) is 13.2 Å². The van der Waals surface area contributed by atoms with E-state index in [0.717, 1.165) is 0 Å². The predicted molar refractivity (Wildman–Crippen MR) is 81.2 cm³/mol. The van der Waals surface area contributed by atoms with Gasteiger partial charge in [0.2, 0.25) is 0 Å². The van der Waals surface area contributed by atoms with Crippen molar-refractivity contribution in [2.24, 2.45) is 10.9 Å². The minimum absolute atomic E-state index is 0.00190. The molecule has 1 fully saturated rings. The van der Waals surface area contributed by atoms with E-state index in [4.69, 9.17) is 15.7 Å². The van der Waals surface area contributed by atoms with Crippen molar-refractivity contribution in [3.05, 3.63) is 16.3 Å². The summed E-state index contributed by atoms with van der Waals surface area (Å²) in [4.78, 5) is 17.0. The van der Waals surface area contributed by atoms with Gasteiger partial charge < -0.3 is 20.6 Å². The van der Waals surface area contributed by atoms with Gasteiger partial charge in [-0.3, -0.25) is 9.69 Å². The Balaban J connectivity index is 1.96. The van der Waals surface area contributed by atoms with Gasteiger partial charge in [-0.1, -0.05) is 5.16 Å². The molecule has 2 heterocycles. The minimum atomic E-state index is -0.136. The first-order valence-corrected chi connectivity index (χ1v) is 7.58. The molecule has 21 heavy (non-hydrogen) atoms. The molecule has 0 radical (unpaired) electrons. The zero-order valence-corrected chi connectivity index (χ0v) is 13.0. The number of nitrogens with two attached hydrogens (primary N) is 1. The van der Waals surface area contributed by atoms with Gasteiger partial charge in [0.25, 0.3) is 5.91 Å². The van der Waals surface area contributed by atoms with Crippen LogP contribution in [0.3, 0.4) is 0 Å². The maximum atomic E-state index is 12.5. The smallest absolute Gasteiger partial charge is 0.267 e. The Morgan fingerprint density at radius 2 is 2.14 bits per heavy atom. The fraction of sp³-hybridized carbons (Fsp3) is 0.538. The van der Waals surface area contributed by atoms with E-state index in [9.17, 15) is 4.79 Å². The van der Waals surface area contributed by atoms with Crippen LogP contribution in [-0.4, -0.2) is 66.1 Å². The number of amidine groups is 1. The van der Waals surface area contributed by atoms with Crippen molar-refractivity contribution in [3.8, 4) is 5.75 Å². The fourth-order valence-electron chi connectivity index (χ4n) is 2.34. The van der Waals surface area contributed by atoms with Crippen LogP contribution in [0.1, 0.15) is 16.6 Å². The van der Waals surface area contributed by atoms with E-state index in [1.165, 1.54) is 11.3 Å². The number of rotatable bonds is 4. The number of amides is 1. The first-order chi connectivity index (χ1) is 10.1. The molecule has 1 saturated heterocycles. The van der Waals surface area contributed by atoms with Gasteiger partial charge in [0.1, 0.15) is 10.6 Å². The first kappa shape index (κ1) is 15.6. The summed E-state index contributed by atoms with van der Waals surface area (Å²) < 4.78 is 5.20. The molecule has 0 aliphatic carbocycles. The van der Waals surface area contributed by atoms with Crippen LogP contribution in [0.4, 0.5) is 0 Å². The van der Waals surface area contributed by atoms with Crippen molar-refractivity contribution in [3.63, 3.8) is 0 Å². The molecule has 1 aliphatic rings. The van der Waals surface area contributed by atoms with Crippen LogP contribution >= 0.6 is 11.3 Å². The third kappa shape index (κ3) is 3.27. The summed E-state index contributed by atoms with van der Waals surface area (Å²) >= 11 is 1.39. The standard InChI is InChI=1S/C13H20N4O3S/c1-9(12(14)15-19)16-4-6-17(7-5-16)13(18)11-10(20-2)3-8-21-11/h3,8-9,19H,4-7H2,1-2H3,(H2,14,15). The number of methoxy groups -OCH3 is 1. The summed E-state index contributed by atoms with van der Waals surface area (Å²) in [6, 6.07) is 1.66. The van der Waals surface area contributed by atoms with Gasteiger partial charge in [0, 0.05) is 26.2 Å². The van der Waals surface area contributed by atoms with Gasteiger partial charge in [0.15, 0.2) is 5.84 Å². The highest BCUT2D eigenvalue weighted by molar-refractivity contribution is 7.12. The van der Waals surface area contributed by atoms with Crippen LogP contribution in [0.25, 0.3) is 0 Å². The Hall–Kier alpha value is -1.80. The molecule has 2 rings (SSSR count). The van der Waals surface area contributed by atoms with Crippen molar-refractivity contribution in [2.45, 2.75) is 13.0 Å². The lowest BCUT2D eigenvalue weighted by Gasteiger charge is -2.37. The molecule has 7 nitrogen and oxygen atoms in total. The molecule has 1 aromatic rings. The molecule has 0 aromatic carbocycles. The van der Waals surface area contributed by atoms with E-state index in [1.807, 2.05) is 17.2 Å². The van der Waals surface area contributed by atoms with E-state index in [-0.39, 0.29) is 17.8 Å². The number of hydrogen-bond acceptors (Lipinski definition) is 6. The number of oxime groups is 1. The zero-order chi connectivity index (χ0) is 15.4. The van der Waals surface area contributed by atoms with Crippen molar-refractivity contribution >= 4 is 23.1 Å². The van der Waals surface area contributed by atoms with Crippen LogP contribution in [0, 0.1) is 0 Å². The molecule has 1 aromatic heterocycles. The second-order valence-electron chi connectivity index (χ2n) is 4.85. The molecule has 1 atom stereocenters. The van der Waals surface area contributed by atoms with Crippen LogP contribution < -0.4 is 10.5 Å². The maximum absolute atomic E-state index is 12.5. The lowest BCUT2D eigenvalue weighted by atomic mass is 10.2. The van der Waals surface area contributed by atoms with Crippen LogP contribution in [0.5, 0.6) is 5.75 Å². The average Bonchev–Trinajstić information content (AvgIpc) is 3.01. The molecule has 1 aliphatic heterocycles. The van der Waals surface area contributed by atoms with Crippen molar-refractivity contribution < 1.29 is 14.7 Å². The van der Waals surface area contributed by atoms with Crippen molar-refractivity contribution in [1.82, 2.24) is 9.80 Å². The third-order valence-corrected chi connectivity index (χ3v) is 4.62. The third-order valence-electron chi connectivity index (χ3n) is 3.74. The van der Waals surface area contributed by atoms with Gasteiger partial charge in [-0.2, -0.15) is 0 Å². The monoisotopic (exact) mass is 312 g/mol. The van der Waals surface area contributed by atoms with E-state index in [2.05, 4.69) is 10.1 Å². The minimum Gasteiger partial charge on any atom is -0.495 e. The molecule has 8 heteroatoms. The van der Waals surface area contributed by atoms with Gasteiger partial charge in [-0.15, -0.1) is 11.3 Å². The molecule has 1 amide bonds. The van der Waals surface area contributed by atoms with Crippen LogP contribution in [0.2, 0.25) is 0 Å². The highest BCUT2D eigenvalue weighted by Crippen LogP contribution is 2.26. The molecule has 1 unspecified atom stereocenters. The number of thiophene rings is 1. The lowest BCUT2D eigenvalue weighted by molar-refractivity contribution is 0.0621. The Bertz CT molecular complexity index is 523. The first-order valence-electron chi connectivity index (χ1n) is 6.70. The molecule has 0 saturated carbocycles. The van der Waals surface area contributed by atoms with Crippen LogP contribution in [0.15, 0.2) is 16.6 Å². The summed E-state index contributed by atoms with van der Waals surface area (Å²) in [5.74, 6) is 0.810. The summed E-state index contributed by atoms with van der Waals surface area (Å²) in [7, 11) is 1.56. The number of hydrogen-bond donors (Lipinski definition) is 2. The zero-order valence-electron chi connectivity index (χ0n) is 12.2. The quantitative estimate of drug-likeness (QED) is 0.369. The van der Waals surface area contributed by atoms with Crippen molar-refractivity contribution in [1.29, 1.82) is 0 Å². The summed E-state index contributed by atoms with van der Waals surface area (Å²) in [6.07, 6.45) is 0. The largest absolute Gasteiger partial charge is 0.495 e. The highest BCUT2D eigenvalue weighted by atomic mass is 32.1. The maximum Gasteiger partial charge on any atom is 0.267 e. The van der Waals surface area contributed by atoms with E-state index < -0.39 is 0 Å². The average molecular weight is 312 g/mol. The number of carbonyl (C=O) groups is 1. The van der Waals surface area contributed by atoms with E-state index >= 15 is 0 Å². The second kappa shape index (κ2) is 6.77. The molecule has 0 bridgehead atoms. The highest BCUT2D eigenvalue weighted by Gasteiger charge is 2.28. The Morgan fingerprint density at radius 3 is 2.71 bits per heavy atom. The summed E-state index contributed by atoms with van der Waals surface area (Å²) in [5, 5.41) is 13.6. The number of piperazine rings is 1. The normalized spacial score (nSPS) is 18.6. The van der Waals surface area contributed by atoms with Crippen LogP contribution in [-0.2, 0) is 0 Å². The summed E-state index contributed by atoms with van der Waals surface area (Å²) in [6.45, 7) is 4.49. The molecular weight excluding hydrogens is 292 g/mol. The van der Waals surface area contributed by atoms with Gasteiger partial charge in [-0.25, -0.2) is 0 Å². The Labute approximate surface area is 127 Å². The van der Waals surface area contributed by atoms with Gasteiger partial charge >= 0.3 is 0 Å². The topological polar surface area (TPSA) is 91.4 Å². The number of ether oxygens (including phenoxy) is 1. The SMILES string of the molecule is COc1ccsc1C(=O)N1CCN(C(C)/C(N)=N/O)CC1. The van der Waals surface area contributed by atoms with Gasteiger partial charge in [-0.05, 0) is 18.4 Å². The second-order valence-corrected chi connectivity index (χ2v) is 5.76. The molecule has 3 N–H and O–H groups in total. The lowest BCUT2D eigenvalue weighted by Crippen LogP contribution is -2.54. The molecular formula is C13H20N4O3S. The fourth-order valence-corrected chi connectivity index (χ4v) is 3.17. The number of nitrogens with zero attached hydrogens (tertiary/aromatic N) is 3.